The average molecular weight is 330 g/mol. The van der Waals surface area contributed by atoms with Gasteiger partial charge < -0.3 is 4.74 Å². The zero-order valence-electron chi connectivity index (χ0n) is 14.4. The van der Waals surface area contributed by atoms with Crippen LogP contribution in [-0.2, 0) is 9.53 Å². The number of methoxy groups -OCH3 is 1. The lowest BCUT2D eigenvalue weighted by atomic mass is 10.1. The fraction of sp³-hybridized carbons (Fsp3) is 0.556. The van der Waals surface area contributed by atoms with Gasteiger partial charge in [-0.25, -0.2) is 5.01 Å². The molecule has 3 rings (SSSR count). The van der Waals surface area contributed by atoms with Crippen LogP contribution in [0.3, 0.4) is 0 Å². The molecule has 0 N–H and O–H groups in total. The summed E-state index contributed by atoms with van der Waals surface area (Å²) in [7, 11) is 1.73. The molecule has 130 valence electrons. The summed E-state index contributed by atoms with van der Waals surface area (Å²) in [6, 6.07) is 10.1. The molecule has 0 radical (unpaired) electrons. The molecule has 1 amide bonds. The average Bonchev–Trinajstić information content (AvgIpc) is 3.12. The standard InChI is InChI=1S/C18H26N4O2/c1-24-14-13-20-9-11-21(12-10-20)15-18(23)22-8-7-17(19-22)16-5-3-2-4-6-16/h2-6H,7-15H2,1H3. The summed E-state index contributed by atoms with van der Waals surface area (Å²) in [5, 5.41) is 6.16. The topological polar surface area (TPSA) is 48.4 Å². The highest BCUT2D eigenvalue weighted by atomic mass is 16.5. The highest BCUT2D eigenvalue weighted by molar-refractivity contribution is 6.02. The molecule has 0 aliphatic carbocycles. The molecule has 0 unspecified atom stereocenters. The lowest BCUT2D eigenvalue weighted by Gasteiger charge is -2.34. The van der Waals surface area contributed by atoms with Crippen LogP contribution in [0.2, 0.25) is 0 Å². The summed E-state index contributed by atoms with van der Waals surface area (Å²) in [4.78, 5) is 17.1. The lowest BCUT2D eigenvalue weighted by molar-refractivity contribution is -0.132. The Morgan fingerprint density at radius 2 is 1.79 bits per heavy atom. The predicted octanol–water partition coefficient (Wildman–Crippen LogP) is 0.887. The van der Waals surface area contributed by atoms with Gasteiger partial charge in [0.15, 0.2) is 0 Å². The molecule has 0 atom stereocenters. The Bertz CT molecular complexity index is 568. The summed E-state index contributed by atoms with van der Waals surface area (Å²) in [5.74, 6) is 0.103. The zero-order chi connectivity index (χ0) is 16.8. The molecule has 2 aliphatic rings. The van der Waals surface area contributed by atoms with E-state index >= 15 is 0 Å². The Labute approximate surface area is 143 Å². The van der Waals surface area contributed by atoms with Crippen LogP contribution < -0.4 is 0 Å². The first-order valence-electron chi connectivity index (χ1n) is 8.63. The number of amides is 1. The van der Waals surface area contributed by atoms with Crippen molar-refractivity contribution in [2.24, 2.45) is 5.10 Å². The maximum atomic E-state index is 12.5. The number of hydrogen-bond acceptors (Lipinski definition) is 5. The second-order valence-electron chi connectivity index (χ2n) is 6.29. The van der Waals surface area contributed by atoms with Crippen LogP contribution in [0.4, 0.5) is 0 Å². The Morgan fingerprint density at radius 3 is 2.50 bits per heavy atom. The van der Waals surface area contributed by atoms with Gasteiger partial charge in [-0.05, 0) is 5.56 Å². The minimum Gasteiger partial charge on any atom is -0.383 e. The van der Waals surface area contributed by atoms with E-state index in [1.54, 1.807) is 12.1 Å². The number of hydrogen-bond donors (Lipinski definition) is 0. The second-order valence-corrected chi connectivity index (χ2v) is 6.29. The maximum Gasteiger partial charge on any atom is 0.256 e. The Morgan fingerprint density at radius 1 is 1.08 bits per heavy atom. The Hall–Kier alpha value is -1.76. The van der Waals surface area contributed by atoms with E-state index in [0.29, 0.717) is 13.1 Å². The molecular weight excluding hydrogens is 304 g/mol. The first-order chi connectivity index (χ1) is 11.8. The number of carbonyl (C=O) groups excluding carboxylic acids is 1. The molecule has 0 bridgehead atoms. The van der Waals surface area contributed by atoms with Crippen molar-refractivity contribution in [3.8, 4) is 0 Å². The van der Waals surface area contributed by atoms with E-state index in [1.165, 1.54) is 0 Å². The van der Waals surface area contributed by atoms with Gasteiger partial charge in [-0.15, -0.1) is 0 Å². The van der Waals surface area contributed by atoms with Gasteiger partial charge in [-0.1, -0.05) is 30.3 Å². The number of ether oxygens (including phenoxy) is 1. The quantitative estimate of drug-likeness (QED) is 0.777. The predicted molar refractivity (Wildman–Crippen MR) is 94.1 cm³/mol. The third kappa shape index (κ3) is 4.41. The zero-order valence-corrected chi connectivity index (χ0v) is 14.4. The van der Waals surface area contributed by atoms with E-state index in [0.717, 1.165) is 57.0 Å². The summed E-state index contributed by atoms with van der Waals surface area (Å²) >= 11 is 0. The molecule has 0 saturated carbocycles. The third-order valence-corrected chi connectivity index (χ3v) is 4.63. The van der Waals surface area contributed by atoms with Crippen LogP contribution in [0.25, 0.3) is 0 Å². The van der Waals surface area contributed by atoms with Crippen LogP contribution in [0.5, 0.6) is 0 Å². The van der Waals surface area contributed by atoms with Crippen LogP contribution in [0.15, 0.2) is 35.4 Å². The van der Waals surface area contributed by atoms with Crippen molar-refractivity contribution in [1.29, 1.82) is 0 Å². The summed E-state index contributed by atoms with van der Waals surface area (Å²) < 4.78 is 5.12. The van der Waals surface area contributed by atoms with Crippen molar-refractivity contribution in [1.82, 2.24) is 14.8 Å². The number of hydrazone groups is 1. The largest absolute Gasteiger partial charge is 0.383 e. The molecular formula is C18H26N4O2. The van der Waals surface area contributed by atoms with Gasteiger partial charge in [0, 0.05) is 46.3 Å². The first kappa shape index (κ1) is 17.1. The normalized spacial score (nSPS) is 19.5. The molecule has 1 saturated heterocycles. The van der Waals surface area contributed by atoms with Crippen LogP contribution in [0.1, 0.15) is 12.0 Å². The highest BCUT2D eigenvalue weighted by Gasteiger charge is 2.25. The molecule has 6 heteroatoms. The van der Waals surface area contributed by atoms with Crippen LogP contribution in [-0.4, -0.2) is 86.0 Å². The number of benzene rings is 1. The minimum absolute atomic E-state index is 0.103. The summed E-state index contributed by atoms with van der Waals surface area (Å²) in [5.41, 5.74) is 2.12. The summed E-state index contributed by atoms with van der Waals surface area (Å²) in [6.07, 6.45) is 0.834. The second kappa shape index (κ2) is 8.37. The molecule has 1 aromatic rings. The van der Waals surface area contributed by atoms with Gasteiger partial charge in [-0.2, -0.15) is 5.10 Å². The smallest absolute Gasteiger partial charge is 0.256 e. The molecule has 6 nitrogen and oxygen atoms in total. The van der Waals surface area contributed by atoms with Gasteiger partial charge in [0.1, 0.15) is 0 Å². The van der Waals surface area contributed by atoms with Crippen molar-refractivity contribution < 1.29 is 9.53 Å². The SMILES string of the molecule is COCCN1CCN(CC(=O)N2CCC(c3ccccc3)=N2)CC1. The Kier molecular flexibility index (Phi) is 5.96. The van der Waals surface area contributed by atoms with Crippen LogP contribution >= 0.6 is 0 Å². The minimum atomic E-state index is 0.103. The number of rotatable bonds is 6. The molecule has 1 fully saturated rings. The van der Waals surface area contributed by atoms with Crippen molar-refractivity contribution in [3.05, 3.63) is 35.9 Å². The molecule has 0 spiro atoms. The summed E-state index contributed by atoms with van der Waals surface area (Å²) in [6.45, 7) is 6.74. The van der Waals surface area contributed by atoms with Gasteiger partial charge in [0.25, 0.3) is 5.91 Å². The molecule has 24 heavy (non-hydrogen) atoms. The number of nitrogens with zero attached hydrogens (tertiary/aromatic N) is 4. The van der Waals surface area contributed by atoms with Crippen molar-refractivity contribution in [3.63, 3.8) is 0 Å². The van der Waals surface area contributed by atoms with E-state index in [-0.39, 0.29) is 5.91 Å². The highest BCUT2D eigenvalue weighted by Crippen LogP contribution is 2.14. The maximum absolute atomic E-state index is 12.5. The van der Waals surface area contributed by atoms with Crippen molar-refractivity contribution >= 4 is 11.6 Å². The fourth-order valence-electron chi connectivity index (χ4n) is 3.13. The van der Waals surface area contributed by atoms with Crippen LogP contribution in [0, 0.1) is 0 Å². The van der Waals surface area contributed by atoms with E-state index in [1.807, 2.05) is 30.3 Å². The fourth-order valence-corrected chi connectivity index (χ4v) is 3.13. The lowest BCUT2D eigenvalue weighted by Crippen LogP contribution is -2.49. The molecule has 1 aromatic carbocycles. The molecule has 2 aliphatic heterocycles. The van der Waals surface area contributed by atoms with E-state index in [4.69, 9.17) is 4.74 Å². The van der Waals surface area contributed by atoms with Gasteiger partial charge in [-0.3, -0.25) is 14.6 Å². The van der Waals surface area contributed by atoms with E-state index in [2.05, 4.69) is 14.9 Å². The molecule has 2 heterocycles. The Balaban J connectivity index is 1.47. The van der Waals surface area contributed by atoms with E-state index in [9.17, 15) is 4.79 Å². The van der Waals surface area contributed by atoms with Gasteiger partial charge in [0.05, 0.1) is 25.4 Å². The first-order valence-corrected chi connectivity index (χ1v) is 8.63. The van der Waals surface area contributed by atoms with Gasteiger partial charge in [0.2, 0.25) is 0 Å². The van der Waals surface area contributed by atoms with Crippen molar-refractivity contribution in [2.45, 2.75) is 6.42 Å². The number of carbonyl (C=O) groups is 1. The molecule has 0 aromatic heterocycles. The van der Waals surface area contributed by atoms with E-state index < -0.39 is 0 Å². The third-order valence-electron chi connectivity index (χ3n) is 4.63. The van der Waals surface area contributed by atoms with Crippen molar-refractivity contribution in [2.75, 3.05) is 59.5 Å². The van der Waals surface area contributed by atoms with Gasteiger partial charge >= 0.3 is 0 Å². The monoisotopic (exact) mass is 330 g/mol. The number of piperazine rings is 1.